The zero-order valence-corrected chi connectivity index (χ0v) is 9.25. The summed E-state index contributed by atoms with van der Waals surface area (Å²) in [5.74, 6) is 0.135. The topological polar surface area (TPSA) is 55.6 Å². The molecule has 0 spiro atoms. The van der Waals surface area contributed by atoms with E-state index in [9.17, 15) is 4.79 Å². The lowest BCUT2D eigenvalue weighted by Gasteiger charge is -2.38. The van der Waals surface area contributed by atoms with E-state index < -0.39 is 5.41 Å². The van der Waals surface area contributed by atoms with Crippen LogP contribution >= 0.6 is 0 Å². The van der Waals surface area contributed by atoms with Gasteiger partial charge in [0, 0.05) is 13.1 Å². The van der Waals surface area contributed by atoms with Gasteiger partial charge in [0.2, 0.25) is 5.91 Å². The Morgan fingerprint density at radius 1 is 1.64 bits per heavy atom. The zero-order valence-electron chi connectivity index (χ0n) is 9.25. The highest BCUT2D eigenvalue weighted by Gasteiger charge is 2.34. The first-order chi connectivity index (χ1) is 6.49. The number of hydrogen-bond donors (Lipinski definition) is 1. The van der Waals surface area contributed by atoms with E-state index in [0.29, 0.717) is 26.3 Å². The van der Waals surface area contributed by atoms with Crippen molar-refractivity contribution in [1.29, 1.82) is 0 Å². The van der Waals surface area contributed by atoms with Gasteiger partial charge < -0.3 is 15.4 Å². The third kappa shape index (κ3) is 2.25. The molecule has 0 unspecified atom stereocenters. The predicted molar refractivity (Wildman–Crippen MR) is 54.8 cm³/mol. The smallest absolute Gasteiger partial charge is 0.229 e. The lowest BCUT2D eigenvalue weighted by Crippen LogP contribution is -2.53. The standard InChI is InChI=1S/C10H20N2O2/c1-8-6-14-5-4-12(8)9(13)10(2,3)7-11/h8H,4-7,11H2,1-3H3/t8-/m1/s1. The van der Waals surface area contributed by atoms with Crippen molar-refractivity contribution >= 4 is 5.91 Å². The minimum absolute atomic E-state index is 0.135. The van der Waals surface area contributed by atoms with E-state index in [1.807, 2.05) is 25.7 Å². The summed E-state index contributed by atoms with van der Waals surface area (Å²) in [6, 6.07) is 0.169. The van der Waals surface area contributed by atoms with Crippen LogP contribution in [0.25, 0.3) is 0 Å². The normalized spacial score (nSPS) is 23.7. The first kappa shape index (κ1) is 11.5. The third-order valence-corrected chi connectivity index (χ3v) is 2.72. The van der Waals surface area contributed by atoms with Crippen molar-refractivity contribution in [3.05, 3.63) is 0 Å². The average Bonchev–Trinajstić information content (AvgIpc) is 2.17. The van der Waals surface area contributed by atoms with Crippen LogP contribution in [-0.2, 0) is 9.53 Å². The van der Waals surface area contributed by atoms with Gasteiger partial charge in [0.1, 0.15) is 0 Å². The lowest BCUT2D eigenvalue weighted by molar-refractivity contribution is -0.147. The van der Waals surface area contributed by atoms with Crippen LogP contribution in [0.5, 0.6) is 0 Å². The van der Waals surface area contributed by atoms with Crippen LogP contribution < -0.4 is 5.73 Å². The van der Waals surface area contributed by atoms with Crippen molar-refractivity contribution in [2.45, 2.75) is 26.8 Å². The van der Waals surface area contributed by atoms with Gasteiger partial charge in [-0.2, -0.15) is 0 Å². The highest BCUT2D eigenvalue weighted by Crippen LogP contribution is 2.20. The van der Waals surface area contributed by atoms with E-state index in [4.69, 9.17) is 10.5 Å². The Kier molecular flexibility index (Phi) is 3.50. The Morgan fingerprint density at radius 2 is 2.29 bits per heavy atom. The average molecular weight is 200 g/mol. The molecule has 4 nitrogen and oxygen atoms in total. The van der Waals surface area contributed by atoms with Crippen LogP contribution in [0.1, 0.15) is 20.8 Å². The molecular weight excluding hydrogens is 180 g/mol. The molecule has 0 aromatic heterocycles. The molecule has 1 amide bonds. The monoisotopic (exact) mass is 200 g/mol. The number of rotatable bonds is 2. The molecule has 1 fully saturated rings. The first-order valence-electron chi connectivity index (χ1n) is 5.08. The van der Waals surface area contributed by atoms with Gasteiger partial charge in [-0.1, -0.05) is 0 Å². The molecule has 1 rings (SSSR count). The van der Waals surface area contributed by atoms with Gasteiger partial charge in [0.25, 0.3) is 0 Å². The van der Waals surface area contributed by atoms with E-state index in [0.717, 1.165) is 0 Å². The van der Waals surface area contributed by atoms with E-state index in [1.165, 1.54) is 0 Å². The van der Waals surface area contributed by atoms with Crippen LogP contribution in [0.3, 0.4) is 0 Å². The van der Waals surface area contributed by atoms with Crippen LogP contribution in [-0.4, -0.2) is 43.2 Å². The summed E-state index contributed by atoms with van der Waals surface area (Å²) in [4.78, 5) is 13.9. The lowest BCUT2D eigenvalue weighted by atomic mass is 9.91. The number of amides is 1. The maximum Gasteiger partial charge on any atom is 0.229 e. The molecule has 2 N–H and O–H groups in total. The van der Waals surface area contributed by atoms with Gasteiger partial charge in [0.15, 0.2) is 0 Å². The van der Waals surface area contributed by atoms with Gasteiger partial charge in [-0.15, -0.1) is 0 Å². The fourth-order valence-corrected chi connectivity index (χ4v) is 1.50. The molecule has 0 bridgehead atoms. The number of morpholine rings is 1. The van der Waals surface area contributed by atoms with Crippen molar-refractivity contribution in [2.24, 2.45) is 11.1 Å². The molecule has 1 aliphatic rings. The molecule has 0 aromatic carbocycles. The molecular formula is C10H20N2O2. The zero-order chi connectivity index (χ0) is 10.8. The fraction of sp³-hybridized carbons (Fsp3) is 0.900. The minimum atomic E-state index is -0.453. The molecule has 82 valence electrons. The summed E-state index contributed by atoms with van der Waals surface area (Å²) in [5, 5.41) is 0. The molecule has 1 heterocycles. The summed E-state index contributed by atoms with van der Waals surface area (Å²) in [6.45, 7) is 8.11. The van der Waals surface area contributed by atoms with Crippen molar-refractivity contribution in [3.63, 3.8) is 0 Å². The molecule has 0 saturated carbocycles. The third-order valence-electron chi connectivity index (χ3n) is 2.72. The van der Waals surface area contributed by atoms with Crippen molar-refractivity contribution < 1.29 is 9.53 Å². The first-order valence-corrected chi connectivity index (χ1v) is 5.08. The summed E-state index contributed by atoms with van der Waals surface area (Å²) in [5.41, 5.74) is 5.13. The Labute approximate surface area is 85.4 Å². The molecule has 1 saturated heterocycles. The highest BCUT2D eigenvalue weighted by molar-refractivity contribution is 5.82. The number of carbonyl (C=O) groups excluding carboxylic acids is 1. The fourth-order valence-electron chi connectivity index (χ4n) is 1.50. The van der Waals surface area contributed by atoms with Gasteiger partial charge >= 0.3 is 0 Å². The van der Waals surface area contributed by atoms with Crippen LogP contribution in [0.15, 0.2) is 0 Å². The Morgan fingerprint density at radius 3 is 2.79 bits per heavy atom. The SMILES string of the molecule is C[C@@H]1COCCN1C(=O)C(C)(C)CN. The Balaban J connectivity index is 2.67. The van der Waals surface area contributed by atoms with Crippen LogP contribution in [0, 0.1) is 5.41 Å². The Hall–Kier alpha value is -0.610. The number of hydrogen-bond acceptors (Lipinski definition) is 3. The predicted octanol–water partition coefficient (Wildman–Crippen LogP) is 0.219. The molecule has 1 aliphatic heterocycles. The molecule has 0 aromatic rings. The van der Waals surface area contributed by atoms with Gasteiger partial charge in [-0.05, 0) is 20.8 Å². The van der Waals surface area contributed by atoms with Gasteiger partial charge in [-0.3, -0.25) is 4.79 Å². The quantitative estimate of drug-likeness (QED) is 0.693. The minimum Gasteiger partial charge on any atom is -0.377 e. The summed E-state index contributed by atoms with van der Waals surface area (Å²) >= 11 is 0. The molecule has 4 heteroatoms. The molecule has 1 atom stereocenters. The summed E-state index contributed by atoms with van der Waals surface area (Å²) < 4.78 is 5.28. The highest BCUT2D eigenvalue weighted by atomic mass is 16.5. The number of carbonyl (C=O) groups is 1. The largest absolute Gasteiger partial charge is 0.377 e. The molecule has 14 heavy (non-hydrogen) atoms. The van der Waals surface area contributed by atoms with Crippen molar-refractivity contribution in [1.82, 2.24) is 4.90 Å². The van der Waals surface area contributed by atoms with Crippen molar-refractivity contribution in [2.75, 3.05) is 26.3 Å². The maximum atomic E-state index is 12.1. The Bertz CT molecular complexity index is 216. The van der Waals surface area contributed by atoms with E-state index in [1.54, 1.807) is 0 Å². The second-order valence-electron chi connectivity index (χ2n) is 4.51. The maximum absolute atomic E-state index is 12.1. The number of nitrogens with two attached hydrogens (primary N) is 1. The van der Waals surface area contributed by atoms with Gasteiger partial charge in [-0.25, -0.2) is 0 Å². The van der Waals surface area contributed by atoms with Gasteiger partial charge in [0.05, 0.1) is 24.7 Å². The number of nitrogens with zero attached hydrogens (tertiary/aromatic N) is 1. The van der Waals surface area contributed by atoms with Crippen LogP contribution in [0.2, 0.25) is 0 Å². The van der Waals surface area contributed by atoms with E-state index in [-0.39, 0.29) is 11.9 Å². The summed E-state index contributed by atoms with van der Waals surface area (Å²) in [6.07, 6.45) is 0. The van der Waals surface area contributed by atoms with E-state index in [2.05, 4.69) is 0 Å². The molecule has 0 aliphatic carbocycles. The molecule has 0 radical (unpaired) electrons. The second-order valence-corrected chi connectivity index (χ2v) is 4.51. The second kappa shape index (κ2) is 4.28. The van der Waals surface area contributed by atoms with Crippen molar-refractivity contribution in [3.8, 4) is 0 Å². The summed E-state index contributed by atoms with van der Waals surface area (Å²) in [7, 11) is 0. The van der Waals surface area contributed by atoms with Crippen LogP contribution in [0.4, 0.5) is 0 Å². The van der Waals surface area contributed by atoms with E-state index >= 15 is 0 Å². The number of ether oxygens (including phenoxy) is 1.